The molecule has 0 aliphatic heterocycles. The van der Waals surface area contributed by atoms with Crippen LogP contribution in [-0.4, -0.2) is 9.55 Å². The van der Waals surface area contributed by atoms with Crippen LogP contribution in [0.3, 0.4) is 0 Å². The molecule has 0 fully saturated rings. The first-order valence-corrected chi connectivity index (χ1v) is 14.6. The molecule has 194 valence electrons. The molecule has 0 saturated heterocycles. The smallest absolute Gasteiger partial charge is 0.0626 e. The maximum absolute atomic E-state index is 3.83. The van der Waals surface area contributed by atoms with Gasteiger partial charge >= 0.3 is 0 Å². The van der Waals surface area contributed by atoms with Crippen molar-refractivity contribution in [2.75, 3.05) is 0 Å². The number of aromatic amines is 1. The fourth-order valence-electron chi connectivity index (χ4n) is 7.62. The minimum absolute atomic E-state index is 1.17. The maximum atomic E-state index is 3.83. The Morgan fingerprint density at radius 3 is 1.81 bits per heavy atom. The van der Waals surface area contributed by atoms with Crippen molar-refractivity contribution in [1.29, 1.82) is 0 Å². The van der Waals surface area contributed by atoms with Crippen LogP contribution >= 0.6 is 0 Å². The second-order valence-corrected chi connectivity index (χ2v) is 11.3. The van der Waals surface area contributed by atoms with Crippen molar-refractivity contribution in [2.24, 2.45) is 0 Å². The second kappa shape index (κ2) is 7.99. The first kappa shape index (κ1) is 22.1. The van der Waals surface area contributed by atoms with Crippen LogP contribution in [0.15, 0.2) is 140 Å². The summed E-state index contributed by atoms with van der Waals surface area (Å²) in [6.45, 7) is 0. The Kier molecular flexibility index (Phi) is 4.21. The summed E-state index contributed by atoms with van der Waals surface area (Å²) in [6.07, 6.45) is 0. The van der Waals surface area contributed by atoms with E-state index in [-0.39, 0.29) is 0 Å². The average Bonchev–Trinajstić information content (AvgIpc) is 3.61. The summed E-state index contributed by atoms with van der Waals surface area (Å²) in [7, 11) is 0. The van der Waals surface area contributed by atoms with Crippen molar-refractivity contribution in [3.8, 4) is 5.69 Å². The molecule has 10 rings (SSSR count). The Labute approximate surface area is 241 Å². The lowest BCUT2D eigenvalue weighted by atomic mass is 9.89. The maximum Gasteiger partial charge on any atom is 0.0626 e. The van der Waals surface area contributed by atoms with Gasteiger partial charge in [-0.05, 0) is 39.7 Å². The molecule has 0 unspecified atom stereocenters. The summed E-state index contributed by atoms with van der Waals surface area (Å²) >= 11 is 0. The van der Waals surface area contributed by atoms with Gasteiger partial charge in [-0.1, -0.05) is 121 Å². The van der Waals surface area contributed by atoms with Crippen LogP contribution in [0.4, 0.5) is 0 Å². The first-order chi connectivity index (χ1) is 20.9. The molecule has 0 spiro atoms. The number of H-pyrrole nitrogens is 1. The summed E-state index contributed by atoms with van der Waals surface area (Å²) in [5.41, 5.74) is 6.07. The van der Waals surface area contributed by atoms with Crippen LogP contribution < -0.4 is 0 Å². The van der Waals surface area contributed by atoms with Crippen LogP contribution in [0.2, 0.25) is 0 Å². The Bertz CT molecular complexity index is 2730. The topological polar surface area (TPSA) is 20.7 Å². The van der Waals surface area contributed by atoms with Crippen molar-refractivity contribution < 1.29 is 0 Å². The van der Waals surface area contributed by atoms with E-state index in [1.807, 2.05) is 0 Å². The normalized spacial score (nSPS) is 12.3. The van der Waals surface area contributed by atoms with Crippen LogP contribution in [-0.2, 0) is 0 Å². The zero-order valence-corrected chi connectivity index (χ0v) is 22.7. The van der Waals surface area contributed by atoms with Gasteiger partial charge in [0.1, 0.15) is 0 Å². The third-order valence-electron chi connectivity index (χ3n) is 9.26. The van der Waals surface area contributed by atoms with E-state index in [9.17, 15) is 0 Å². The number of nitrogens with zero attached hydrogens (tertiary/aromatic N) is 1. The highest BCUT2D eigenvalue weighted by Crippen LogP contribution is 2.49. The zero-order chi connectivity index (χ0) is 27.4. The van der Waals surface area contributed by atoms with Gasteiger partial charge in [0.25, 0.3) is 0 Å². The fourth-order valence-corrected chi connectivity index (χ4v) is 7.62. The highest BCUT2D eigenvalue weighted by Gasteiger charge is 2.24. The van der Waals surface area contributed by atoms with Gasteiger partial charge in [0.05, 0.1) is 22.2 Å². The molecule has 0 radical (unpaired) electrons. The molecular formula is C40H24N2. The van der Waals surface area contributed by atoms with Gasteiger partial charge in [-0.25, -0.2) is 0 Å². The number of fused-ring (bicyclic) bond motifs is 16. The molecule has 0 aliphatic rings. The van der Waals surface area contributed by atoms with Crippen molar-refractivity contribution in [3.05, 3.63) is 140 Å². The van der Waals surface area contributed by atoms with E-state index in [1.54, 1.807) is 0 Å². The summed E-state index contributed by atoms with van der Waals surface area (Å²) < 4.78 is 2.52. The predicted molar refractivity (Wildman–Crippen MR) is 180 cm³/mol. The zero-order valence-electron chi connectivity index (χ0n) is 22.7. The average molecular weight is 533 g/mol. The van der Waals surface area contributed by atoms with Crippen molar-refractivity contribution in [2.45, 2.75) is 0 Å². The lowest BCUT2D eigenvalue weighted by Crippen LogP contribution is -1.96. The van der Waals surface area contributed by atoms with Gasteiger partial charge in [0.2, 0.25) is 0 Å². The molecule has 42 heavy (non-hydrogen) atoms. The monoisotopic (exact) mass is 532 g/mol. The molecule has 2 aromatic heterocycles. The van der Waals surface area contributed by atoms with Gasteiger partial charge in [-0.15, -0.1) is 0 Å². The Morgan fingerprint density at radius 2 is 0.976 bits per heavy atom. The largest absolute Gasteiger partial charge is 0.354 e. The predicted octanol–water partition coefficient (Wildman–Crippen LogP) is 11.0. The first-order valence-electron chi connectivity index (χ1n) is 14.6. The van der Waals surface area contributed by atoms with Crippen molar-refractivity contribution in [1.82, 2.24) is 9.55 Å². The fraction of sp³-hybridized carbons (Fsp3) is 0. The minimum Gasteiger partial charge on any atom is -0.354 e. The number of aromatic nitrogens is 2. The summed E-state index contributed by atoms with van der Waals surface area (Å²) in [6, 6.07) is 51.0. The molecular weight excluding hydrogens is 508 g/mol. The molecule has 1 N–H and O–H groups in total. The minimum atomic E-state index is 1.17. The number of nitrogens with one attached hydrogen (secondary N) is 1. The van der Waals surface area contributed by atoms with E-state index < -0.39 is 0 Å². The summed E-state index contributed by atoms with van der Waals surface area (Å²) in [5, 5.41) is 15.4. The van der Waals surface area contributed by atoms with E-state index in [2.05, 4.69) is 149 Å². The molecule has 2 heterocycles. The van der Waals surface area contributed by atoms with E-state index in [0.717, 1.165) is 0 Å². The number of rotatable bonds is 1. The third kappa shape index (κ3) is 2.69. The lowest BCUT2D eigenvalue weighted by Gasteiger charge is -2.16. The van der Waals surface area contributed by atoms with Crippen molar-refractivity contribution in [3.63, 3.8) is 0 Å². The molecule has 2 nitrogen and oxygen atoms in total. The molecule has 0 amide bonds. The third-order valence-corrected chi connectivity index (χ3v) is 9.26. The second-order valence-electron chi connectivity index (χ2n) is 11.3. The Balaban J connectivity index is 1.61. The van der Waals surface area contributed by atoms with Crippen molar-refractivity contribution >= 4 is 86.7 Å². The number of hydrogen-bond donors (Lipinski definition) is 1. The summed E-state index contributed by atoms with van der Waals surface area (Å²) in [5.74, 6) is 0. The van der Waals surface area contributed by atoms with Crippen LogP contribution in [0.1, 0.15) is 0 Å². The van der Waals surface area contributed by atoms with Crippen LogP contribution in [0.5, 0.6) is 0 Å². The highest BCUT2D eigenvalue weighted by molar-refractivity contribution is 6.45. The molecule has 10 aromatic rings. The number of para-hydroxylation sites is 2. The van der Waals surface area contributed by atoms with Gasteiger partial charge in [-0.2, -0.15) is 0 Å². The number of benzene rings is 8. The highest BCUT2D eigenvalue weighted by atomic mass is 15.0. The Morgan fingerprint density at radius 1 is 0.381 bits per heavy atom. The molecule has 0 saturated carbocycles. The molecule has 2 heteroatoms. The Hall–Kier alpha value is -5.60. The lowest BCUT2D eigenvalue weighted by molar-refractivity contribution is 1.20. The van der Waals surface area contributed by atoms with E-state index in [4.69, 9.17) is 0 Å². The SMILES string of the molecule is c1ccc2c(-n3c4ccccc4c4c5c(c6ccccc6c6[nH]c7ccccc7c65)c5ccccc5c43)cccc2c1. The molecule has 0 atom stereocenters. The summed E-state index contributed by atoms with van der Waals surface area (Å²) in [4.78, 5) is 3.83. The number of hydrogen-bond acceptors (Lipinski definition) is 0. The van der Waals surface area contributed by atoms with Gasteiger partial charge < -0.3 is 9.55 Å². The molecule has 0 aliphatic carbocycles. The van der Waals surface area contributed by atoms with Gasteiger partial charge in [0, 0.05) is 48.6 Å². The van der Waals surface area contributed by atoms with Crippen LogP contribution in [0, 0.1) is 0 Å². The molecule has 0 bridgehead atoms. The van der Waals surface area contributed by atoms with Crippen LogP contribution in [0.25, 0.3) is 92.4 Å². The molecule has 8 aromatic carbocycles. The van der Waals surface area contributed by atoms with Gasteiger partial charge in [0.15, 0.2) is 0 Å². The van der Waals surface area contributed by atoms with E-state index in [1.165, 1.54) is 92.4 Å². The standard InChI is InChI=1S/C40H24N2/c1-2-14-25-24(12-1)13-11-23-33(25)42-34-22-10-8-20-31(34)37-38-35(27-16-4-6-18-29(27)40(37)42)26-15-3-5-17-28(26)39-36(38)30-19-7-9-21-32(30)41-39/h1-23,41H. The van der Waals surface area contributed by atoms with Gasteiger partial charge in [-0.3, -0.25) is 0 Å². The van der Waals surface area contributed by atoms with E-state index >= 15 is 0 Å². The quantitative estimate of drug-likeness (QED) is 0.203. The van der Waals surface area contributed by atoms with E-state index in [0.29, 0.717) is 0 Å².